The van der Waals surface area contributed by atoms with E-state index in [1.807, 2.05) is 0 Å². The zero-order valence-electron chi connectivity index (χ0n) is 25.6. The number of nitrogens with zero attached hydrogens (tertiary/aromatic N) is 3. The second-order valence-corrected chi connectivity index (χ2v) is 15.4. The minimum absolute atomic E-state index is 0. The van der Waals surface area contributed by atoms with Crippen molar-refractivity contribution < 1.29 is 97.6 Å². The number of thioether (sulfide) groups is 3. The van der Waals surface area contributed by atoms with Gasteiger partial charge >= 0.3 is 59.1 Å². The van der Waals surface area contributed by atoms with Crippen LogP contribution in [-0.4, -0.2) is 78.9 Å². The van der Waals surface area contributed by atoms with Crippen LogP contribution in [0.25, 0.3) is 10.9 Å². The molecule has 0 spiro atoms. The molecule has 2 aromatic rings. The number of aromatic nitrogens is 1. The number of aromatic carboxylic acids is 1. The molecule has 19 heteroatoms. The quantitative estimate of drug-likeness (QED) is 0.103. The van der Waals surface area contributed by atoms with Crippen molar-refractivity contribution in [2.75, 3.05) is 29.5 Å². The van der Waals surface area contributed by atoms with Crippen molar-refractivity contribution in [1.29, 1.82) is 0 Å². The van der Waals surface area contributed by atoms with Crippen LogP contribution in [0.5, 0.6) is 0 Å². The SMILES string of the molecule is C[C@@H](O)[C@@H]1C(=O)N2C(C(=O)[O-])=C(SCCSC(=S)NC3CCN(c4c(F)cc5c(=O)c(C(=O)[O-])cn(C6CC6)c5c4F)C3)S[C@H]12.[Na+].[Na+]. The van der Waals surface area contributed by atoms with Gasteiger partial charge in [-0.15, -0.1) is 11.8 Å². The number of nitrogens with one attached hydrogen (secondary N) is 1. The number of carboxylic acid groups (broad SMARTS) is 2. The first-order chi connectivity index (χ1) is 21.4. The fourth-order valence-corrected chi connectivity index (χ4v) is 10.1. The molecule has 11 nitrogen and oxygen atoms in total. The average molecular weight is 743 g/mol. The van der Waals surface area contributed by atoms with E-state index >= 15 is 8.78 Å². The molecule has 3 aliphatic heterocycles. The summed E-state index contributed by atoms with van der Waals surface area (Å²) >= 11 is 9.29. The third-order valence-electron chi connectivity index (χ3n) is 8.18. The zero-order chi connectivity index (χ0) is 32.3. The largest absolute Gasteiger partial charge is 1.00 e. The number of amides is 1. The standard InChI is InChI=1S/C28H28F2N4O7S4.2Na/c1-11(35)17-23(37)34-21(26(40)41)27(45-24(17)34)43-6-7-44-28(42)31-12-4-5-32(9-12)20-16(29)8-14-19(18(20)30)33(13-2-3-13)10-15(22(14)36)25(38)39;;/h8,10-13,17,24,35H,2-7,9H2,1H3,(H,31,42)(H,38,39)(H,40,41);;/q;2*+1/p-2/t11-,12?,17-,24-;;/m1../s1. The molecule has 47 heavy (non-hydrogen) atoms. The molecule has 4 heterocycles. The number of β-lactam (4-membered cyclic amide) rings is 1. The number of carboxylic acids is 2. The Hall–Kier alpha value is -0.860. The normalized spacial score (nSPS) is 22.4. The summed E-state index contributed by atoms with van der Waals surface area (Å²) < 4.78 is 33.6. The maximum atomic E-state index is 15.9. The van der Waals surface area contributed by atoms with Gasteiger partial charge in [0.2, 0.25) is 5.91 Å². The number of benzene rings is 1. The van der Waals surface area contributed by atoms with E-state index in [1.54, 1.807) is 0 Å². The van der Waals surface area contributed by atoms with Crippen molar-refractivity contribution in [2.24, 2.45) is 5.92 Å². The van der Waals surface area contributed by atoms with Gasteiger partial charge in [-0.2, -0.15) is 0 Å². The number of aliphatic hydroxyl groups is 1. The van der Waals surface area contributed by atoms with Crippen LogP contribution in [0.2, 0.25) is 0 Å². The van der Waals surface area contributed by atoms with Crippen molar-refractivity contribution in [1.82, 2.24) is 14.8 Å². The van der Waals surface area contributed by atoms with Crippen molar-refractivity contribution >= 4 is 86.3 Å². The summed E-state index contributed by atoms with van der Waals surface area (Å²) in [5, 5.41) is 35.5. The maximum Gasteiger partial charge on any atom is 1.00 e. The zero-order valence-corrected chi connectivity index (χ0v) is 32.9. The number of aliphatic carboxylic acids is 1. The summed E-state index contributed by atoms with van der Waals surface area (Å²) in [6.07, 6.45) is 2.07. The molecule has 2 saturated heterocycles. The summed E-state index contributed by atoms with van der Waals surface area (Å²) in [5.74, 6) is -5.15. The second-order valence-electron chi connectivity index (χ2n) is 11.2. The number of fused-ring (bicyclic) bond motifs is 2. The van der Waals surface area contributed by atoms with Gasteiger partial charge in [-0.25, -0.2) is 8.78 Å². The van der Waals surface area contributed by atoms with Crippen LogP contribution in [-0.2, 0) is 9.59 Å². The topological polar surface area (TPSA) is 158 Å². The Bertz CT molecular complexity index is 1740. The third-order valence-corrected chi connectivity index (χ3v) is 12.4. The third kappa shape index (κ3) is 7.46. The number of aliphatic hydroxyl groups excluding tert-OH is 1. The first kappa shape index (κ1) is 38.9. The Kier molecular flexibility index (Phi) is 12.9. The predicted molar refractivity (Wildman–Crippen MR) is 167 cm³/mol. The van der Waals surface area contributed by atoms with E-state index in [-0.39, 0.29) is 100 Å². The Morgan fingerprint density at radius 3 is 2.49 bits per heavy atom. The molecule has 0 bridgehead atoms. The summed E-state index contributed by atoms with van der Waals surface area (Å²) in [6.45, 7) is 2.04. The minimum Gasteiger partial charge on any atom is -0.545 e. The molecule has 240 valence electrons. The molecular weight excluding hydrogens is 717 g/mol. The molecule has 1 amide bonds. The van der Waals surface area contributed by atoms with Crippen LogP contribution in [0.3, 0.4) is 0 Å². The van der Waals surface area contributed by atoms with Gasteiger partial charge < -0.3 is 39.7 Å². The first-order valence-electron chi connectivity index (χ1n) is 14.1. The molecule has 1 unspecified atom stereocenters. The second kappa shape index (κ2) is 15.6. The van der Waals surface area contributed by atoms with Crippen molar-refractivity contribution in [2.45, 2.75) is 49.7 Å². The minimum atomic E-state index is -1.70. The van der Waals surface area contributed by atoms with E-state index in [9.17, 15) is 34.5 Å². The van der Waals surface area contributed by atoms with Crippen molar-refractivity contribution in [3.63, 3.8) is 0 Å². The summed E-state index contributed by atoms with van der Waals surface area (Å²) in [7, 11) is 0. The van der Waals surface area contributed by atoms with Gasteiger partial charge in [0.25, 0.3) is 0 Å². The fraction of sp³-hybridized carbons (Fsp3) is 0.464. The first-order valence-corrected chi connectivity index (χ1v) is 17.4. The number of halogens is 2. The number of carbonyl (C=O) groups is 3. The van der Waals surface area contributed by atoms with Gasteiger partial charge in [0.05, 0.1) is 50.4 Å². The van der Waals surface area contributed by atoms with Gasteiger partial charge in [-0.05, 0) is 32.3 Å². The molecule has 4 aliphatic rings. The summed E-state index contributed by atoms with van der Waals surface area (Å²) in [6, 6.07) is 0.488. The number of pyridine rings is 1. The molecule has 3 fully saturated rings. The molecular formula is C28H26F2N4Na2O7S4. The molecule has 1 aromatic carbocycles. The van der Waals surface area contributed by atoms with E-state index in [0.717, 1.165) is 12.3 Å². The van der Waals surface area contributed by atoms with Gasteiger partial charge in [-0.3, -0.25) is 14.5 Å². The molecule has 1 saturated carbocycles. The van der Waals surface area contributed by atoms with Crippen LogP contribution >= 0.6 is 47.5 Å². The van der Waals surface area contributed by atoms with E-state index in [0.29, 0.717) is 45.9 Å². The predicted octanol–water partition coefficient (Wildman–Crippen LogP) is -5.26. The van der Waals surface area contributed by atoms with Crippen LogP contribution in [0.1, 0.15) is 42.6 Å². The van der Waals surface area contributed by atoms with Gasteiger partial charge in [0.1, 0.15) is 21.2 Å². The van der Waals surface area contributed by atoms with Crippen molar-refractivity contribution in [3.8, 4) is 0 Å². The Labute approximate surface area is 330 Å². The average Bonchev–Trinajstić information content (AvgIpc) is 3.62. The monoisotopic (exact) mass is 742 g/mol. The number of carbonyl (C=O) groups excluding carboxylic acids is 3. The smallest absolute Gasteiger partial charge is 0.545 e. The van der Waals surface area contributed by atoms with Gasteiger partial charge in [0.15, 0.2) is 11.2 Å². The number of hydrogen-bond donors (Lipinski definition) is 2. The molecule has 1 aliphatic carbocycles. The molecule has 6 rings (SSSR count). The van der Waals surface area contributed by atoms with Crippen LogP contribution in [0.15, 0.2) is 27.0 Å². The number of hydrogen-bond acceptors (Lipinski definition) is 12. The van der Waals surface area contributed by atoms with E-state index in [1.165, 1.54) is 56.6 Å². The molecule has 1 aromatic heterocycles. The number of thiocarbonyl (C=S) groups is 1. The van der Waals surface area contributed by atoms with Crippen LogP contribution in [0, 0.1) is 17.6 Å². The number of anilines is 1. The van der Waals surface area contributed by atoms with E-state index < -0.39 is 57.9 Å². The Morgan fingerprint density at radius 2 is 1.87 bits per heavy atom. The van der Waals surface area contributed by atoms with Crippen LogP contribution < -0.4 is 85.0 Å². The van der Waals surface area contributed by atoms with Crippen molar-refractivity contribution in [3.05, 3.63) is 49.6 Å². The van der Waals surface area contributed by atoms with E-state index in [4.69, 9.17) is 12.2 Å². The fourth-order valence-electron chi connectivity index (χ4n) is 5.91. The maximum absolute atomic E-state index is 15.9. The van der Waals surface area contributed by atoms with E-state index in [2.05, 4.69) is 5.32 Å². The summed E-state index contributed by atoms with van der Waals surface area (Å²) in [5.41, 5.74) is -2.22. The number of rotatable bonds is 10. The summed E-state index contributed by atoms with van der Waals surface area (Å²) in [4.78, 5) is 51.0. The van der Waals surface area contributed by atoms with Gasteiger partial charge in [0, 0.05) is 42.9 Å². The van der Waals surface area contributed by atoms with Gasteiger partial charge in [-0.1, -0.05) is 35.7 Å². The molecule has 2 N–H and O–H groups in total. The Balaban J connectivity index is 0.00000250. The van der Waals surface area contributed by atoms with Crippen LogP contribution in [0.4, 0.5) is 14.5 Å². The Morgan fingerprint density at radius 1 is 1.17 bits per heavy atom. The molecule has 4 atom stereocenters. The molecule has 0 radical (unpaired) electrons.